The van der Waals surface area contributed by atoms with Crippen molar-refractivity contribution in [2.45, 2.75) is 31.8 Å². The van der Waals surface area contributed by atoms with Gasteiger partial charge in [-0.1, -0.05) is 23.7 Å². The lowest BCUT2D eigenvalue weighted by Gasteiger charge is -2.35. The second-order valence-electron chi connectivity index (χ2n) is 6.81. The SMILES string of the molecule is CN1CCCC1CCN1CCN(Cc2cccc(Cl)c2)CC1. The van der Waals surface area contributed by atoms with Crippen LogP contribution in [0.4, 0.5) is 0 Å². The van der Waals surface area contributed by atoms with Crippen molar-refractivity contribution in [3.63, 3.8) is 0 Å². The lowest BCUT2D eigenvalue weighted by atomic mass is 10.1. The molecule has 2 saturated heterocycles. The van der Waals surface area contributed by atoms with Crippen LogP contribution in [0.15, 0.2) is 24.3 Å². The molecule has 2 aliphatic heterocycles. The zero-order chi connectivity index (χ0) is 15.4. The van der Waals surface area contributed by atoms with Gasteiger partial charge in [0.05, 0.1) is 0 Å². The maximum absolute atomic E-state index is 6.07. The Labute approximate surface area is 139 Å². The van der Waals surface area contributed by atoms with Crippen LogP contribution >= 0.6 is 11.6 Å². The molecule has 3 rings (SSSR count). The number of likely N-dealkylation sites (tertiary alicyclic amines) is 1. The minimum atomic E-state index is 0.824. The lowest BCUT2D eigenvalue weighted by molar-refractivity contribution is 0.118. The fourth-order valence-electron chi connectivity index (χ4n) is 3.74. The summed E-state index contributed by atoms with van der Waals surface area (Å²) in [5.41, 5.74) is 1.33. The Morgan fingerprint density at radius 3 is 2.55 bits per heavy atom. The van der Waals surface area contributed by atoms with Crippen LogP contribution in [-0.4, -0.2) is 67.1 Å². The number of hydrogen-bond acceptors (Lipinski definition) is 3. The van der Waals surface area contributed by atoms with E-state index in [9.17, 15) is 0 Å². The Balaban J connectivity index is 1.39. The van der Waals surface area contributed by atoms with Crippen molar-refractivity contribution < 1.29 is 0 Å². The van der Waals surface area contributed by atoms with Gasteiger partial charge in [0.1, 0.15) is 0 Å². The van der Waals surface area contributed by atoms with Gasteiger partial charge in [-0.25, -0.2) is 0 Å². The summed E-state index contributed by atoms with van der Waals surface area (Å²) in [7, 11) is 2.28. The van der Waals surface area contributed by atoms with Gasteiger partial charge in [0, 0.05) is 43.8 Å². The molecule has 0 saturated carbocycles. The van der Waals surface area contributed by atoms with Gasteiger partial charge in [-0.05, 0) is 57.1 Å². The standard InChI is InChI=1S/C18H28ClN3/c1-20-8-3-6-18(20)7-9-21-10-12-22(13-11-21)15-16-4-2-5-17(19)14-16/h2,4-5,14,18H,3,6-13,15H2,1H3. The normalized spacial score (nSPS) is 24.9. The summed E-state index contributed by atoms with van der Waals surface area (Å²) in [6.07, 6.45) is 4.12. The highest BCUT2D eigenvalue weighted by Crippen LogP contribution is 2.19. The molecule has 4 heteroatoms. The molecule has 0 aliphatic carbocycles. The molecule has 2 fully saturated rings. The van der Waals surface area contributed by atoms with Gasteiger partial charge in [-0.3, -0.25) is 4.90 Å². The van der Waals surface area contributed by atoms with E-state index in [-0.39, 0.29) is 0 Å². The molecule has 0 N–H and O–H groups in total. The zero-order valence-corrected chi connectivity index (χ0v) is 14.4. The van der Waals surface area contributed by atoms with E-state index in [2.05, 4.69) is 33.9 Å². The van der Waals surface area contributed by atoms with Crippen molar-refractivity contribution in [1.29, 1.82) is 0 Å². The molecule has 1 aromatic carbocycles. The number of hydrogen-bond donors (Lipinski definition) is 0. The maximum Gasteiger partial charge on any atom is 0.0409 e. The molecule has 0 spiro atoms. The Kier molecular flexibility index (Phi) is 5.75. The predicted molar refractivity (Wildman–Crippen MR) is 93.4 cm³/mol. The van der Waals surface area contributed by atoms with Gasteiger partial charge in [-0.15, -0.1) is 0 Å². The Hall–Kier alpha value is -0.610. The minimum absolute atomic E-state index is 0.824. The van der Waals surface area contributed by atoms with Crippen molar-refractivity contribution in [1.82, 2.24) is 14.7 Å². The lowest BCUT2D eigenvalue weighted by Crippen LogP contribution is -2.46. The summed E-state index contributed by atoms with van der Waals surface area (Å²) >= 11 is 6.07. The summed E-state index contributed by atoms with van der Waals surface area (Å²) in [4.78, 5) is 7.72. The smallest absolute Gasteiger partial charge is 0.0409 e. The van der Waals surface area contributed by atoms with Crippen LogP contribution in [0.2, 0.25) is 5.02 Å². The van der Waals surface area contributed by atoms with E-state index < -0.39 is 0 Å². The van der Waals surface area contributed by atoms with Gasteiger partial charge in [0.25, 0.3) is 0 Å². The third-order valence-corrected chi connectivity index (χ3v) is 5.45. The van der Waals surface area contributed by atoms with Crippen molar-refractivity contribution in [3.8, 4) is 0 Å². The Morgan fingerprint density at radius 1 is 1.09 bits per heavy atom. The first-order valence-electron chi connectivity index (χ1n) is 8.60. The molecule has 0 radical (unpaired) electrons. The van der Waals surface area contributed by atoms with Crippen LogP contribution in [0.25, 0.3) is 0 Å². The summed E-state index contributed by atoms with van der Waals surface area (Å²) < 4.78 is 0. The summed E-state index contributed by atoms with van der Waals surface area (Å²) in [5, 5.41) is 0.844. The van der Waals surface area contributed by atoms with Gasteiger partial charge in [-0.2, -0.15) is 0 Å². The van der Waals surface area contributed by atoms with Crippen LogP contribution in [0, 0.1) is 0 Å². The summed E-state index contributed by atoms with van der Waals surface area (Å²) in [5.74, 6) is 0. The van der Waals surface area contributed by atoms with Gasteiger partial charge >= 0.3 is 0 Å². The van der Waals surface area contributed by atoms with Crippen molar-refractivity contribution in [2.24, 2.45) is 0 Å². The Bertz CT molecular complexity index is 471. The van der Waals surface area contributed by atoms with E-state index in [1.54, 1.807) is 0 Å². The number of halogens is 1. The molecule has 0 amide bonds. The summed E-state index contributed by atoms with van der Waals surface area (Å²) in [6, 6.07) is 9.08. The second-order valence-corrected chi connectivity index (χ2v) is 7.25. The molecule has 2 heterocycles. The van der Waals surface area contributed by atoms with E-state index in [0.717, 1.165) is 17.6 Å². The molecule has 0 bridgehead atoms. The molecule has 2 aliphatic rings. The monoisotopic (exact) mass is 321 g/mol. The average Bonchev–Trinajstić information content (AvgIpc) is 2.92. The van der Waals surface area contributed by atoms with E-state index in [0.29, 0.717) is 0 Å². The second kappa shape index (κ2) is 7.78. The number of benzene rings is 1. The highest BCUT2D eigenvalue weighted by atomic mass is 35.5. The fourth-order valence-corrected chi connectivity index (χ4v) is 3.95. The molecule has 1 atom stereocenters. The van der Waals surface area contributed by atoms with Crippen LogP contribution in [0.5, 0.6) is 0 Å². The molecule has 0 aromatic heterocycles. The zero-order valence-electron chi connectivity index (χ0n) is 13.7. The first-order chi connectivity index (χ1) is 10.7. The van der Waals surface area contributed by atoms with Crippen LogP contribution in [0.3, 0.4) is 0 Å². The summed E-state index contributed by atoms with van der Waals surface area (Å²) in [6.45, 7) is 8.34. The van der Waals surface area contributed by atoms with Crippen molar-refractivity contribution in [2.75, 3.05) is 46.3 Å². The molecule has 3 nitrogen and oxygen atoms in total. The van der Waals surface area contributed by atoms with Crippen LogP contribution < -0.4 is 0 Å². The molecular weight excluding hydrogens is 294 g/mol. The van der Waals surface area contributed by atoms with Gasteiger partial charge in [0.2, 0.25) is 0 Å². The van der Waals surface area contributed by atoms with Crippen molar-refractivity contribution >= 4 is 11.6 Å². The quantitative estimate of drug-likeness (QED) is 0.825. The van der Waals surface area contributed by atoms with Crippen LogP contribution in [0.1, 0.15) is 24.8 Å². The number of nitrogens with zero attached hydrogens (tertiary/aromatic N) is 3. The molecule has 1 unspecified atom stereocenters. The fraction of sp³-hybridized carbons (Fsp3) is 0.667. The predicted octanol–water partition coefficient (Wildman–Crippen LogP) is 2.94. The molecular formula is C18H28ClN3. The third-order valence-electron chi connectivity index (χ3n) is 5.21. The Morgan fingerprint density at radius 2 is 1.86 bits per heavy atom. The van der Waals surface area contributed by atoms with Gasteiger partial charge < -0.3 is 9.80 Å². The highest BCUT2D eigenvalue weighted by Gasteiger charge is 2.23. The highest BCUT2D eigenvalue weighted by molar-refractivity contribution is 6.30. The van der Waals surface area contributed by atoms with E-state index in [1.807, 2.05) is 12.1 Å². The largest absolute Gasteiger partial charge is 0.303 e. The topological polar surface area (TPSA) is 9.72 Å². The molecule has 22 heavy (non-hydrogen) atoms. The first kappa shape index (κ1) is 16.3. The van der Waals surface area contributed by atoms with Crippen LogP contribution in [-0.2, 0) is 6.54 Å². The number of piperazine rings is 1. The first-order valence-corrected chi connectivity index (χ1v) is 8.98. The average molecular weight is 322 g/mol. The van der Waals surface area contributed by atoms with Crippen molar-refractivity contribution in [3.05, 3.63) is 34.9 Å². The third kappa shape index (κ3) is 4.45. The number of rotatable bonds is 5. The minimum Gasteiger partial charge on any atom is -0.303 e. The van der Waals surface area contributed by atoms with E-state index in [1.165, 1.54) is 64.1 Å². The van der Waals surface area contributed by atoms with E-state index in [4.69, 9.17) is 11.6 Å². The maximum atomic E-state index is 6.07. The van der Waals surface area contributed by atoms with Gasteiger partial charge in [0.15, 0.2) is 0 Å². The molecule has 122 valence electrons. The van der Waals surface area contributed by atoms with E-state index >= 15 is 0 Å². The molecule has 1 aromatic rings.